The molecule has 0 unspecified atom stereocenters. The average molecular weight is 832 g/mol. The van der Waals surface area contributed by atoms with Crippen molar-refractivity contribution in [3.63, 3.8) is 0 Å². The maximum absolute atomic E-state index is 6.90. The SMILES string of the molecule is c1ccc(C2(c3ccccc3)c3ccccc3Oc3ccc(N(c4cccc(C5(c6ccccc6)c6ccccc6-c6ccccc65)c4)c4ccc5c(c4)oc4ccccc45)cc32)cc1. The molecule has 0 atom stereocenters. The van der Waals surface area contributed by atoms with Crippen molar-refractivity contribution in [2.45, 2.75) is 10.8 Å². The predicted molar refractivity (Wildman–Crippen MR) is 264 cm³/mol. The van der Waals surface area contributed by atoms with E-state index >= 15 is 0 Å². The van der Waals surface area contributed by atoms with Gasteiger partial charge in [0.25, 0.3) is 0 Å². The Morgan fingerprint density at radius 1 is 0.292 bits per heavy atom. The summed E-state index contributed by atoms with van der Waals surface area (Å²) in [6, 6.07) is 90.0. The number of fused-ring (bicyclic) bond motifs is 8. The summed E-state index contributed by atoms with van der Waals surface area (Å²) in [4.78, 5) is 2.39. The van der Waals surface area contributed by atoms with Crippen LogP contribution in [-0.2, 0) is 10.8 Å². The molecule has 65 heavy (non-hydrogen) atoms. The van der Waals surface area contributed by atoms with Crippen LogP contribution >= 0.6 is 0 Å². The molecule has 0 spiro atoms. The summed E-state index contributed by atoms with van der Waals surface area (Å²) in [6.45, 7) is 0. The number of benzene rings is 10. The van der Waals surface area contributed by atoms with Crippen LogP contribution in [0.25, 0.3) is 33.1 Å². The predicted octanol–water partition coefficient (Wildman–Crippen LogP) is 15.9. The molecule has 0 bridgehead atoms. The van der Waals surface area contributed by atoms with Crippen molar-refractivity contribution < 1.29 is 9.15 Å². The maximum Gasteiger partial charge on any atom is 0.137 e. The van der Waals surface area contributed by atoms with Gasteiger partial charge in [0.15, 0.2) is 0 Å². The van der Waals surface area contributed by atoms with E-state index in [1.807, 2.05) is 12.1 Å². The number of hydrogen-bond acceptors (Lipinski definition) is 3. The molecule has 0 radical (unpaired) electrons. The van der Waals surface area contributed by atoms with Crippen LogP contribution in [0.5, 0.6) is 11.5 Å². The highest BCUT2D eigenvalue weighted by Crippen LogP contribution is 2.58. The van der Waals surface area contributed by atoms with Crippen LogP contribution in [0.2, 0.25) is 0 Å². The Morgan fingerprint density at radius 3 is 1.45 bits per heavy atom. The van der Waals surface area contributed by atoms with Gasteiger partial charge in [0.2, 0.25) is 0 Å². The first-order chi connectivity index (χ1) is 32.2. The minimum atomic E-state index is -0.687. The first kappa shape index (κ1) is 37.2. The molecule has 11 aromatic rings. The Hall–Kier alpha value is -8.40. The van der Waals surface area contributed by atoms with Crippen molar-refractivity contribution in [3.05, 3.63) is 293 Å². The summed E-state index contributed by atoms with van der Waals surface area (Å²) in [5, 5.41) is 2.19. The van der Waals surface area contributed by atoms with Crippen LogP contribution in [-0.4, -0.2) is 0 Å². The zero-order valence-corrected chi connectivity index (χ0v) is 35.4. The molecule has 10 aromatic carbocycles. The number of rotatable bonds is 7. The number of ether oxygens (including phenoxy) is 1. The number of anilines is 3. The highest BCUT2D eigenvalue weighted by molar-refractivity contribution is 6.06. The molecule has 0 N–H and O–H groups in total. The fourth-order valence-electron chi connectivity index (χ4n) is 11.2. The second-order valence-corrected chi connectivity index (χ2v) is 17.1. The van der Waals surface area contributed by atoms with Crippen molar-refractivity contribution in [1.82, 2.24) is 0 Å². The highest BCUT2D eigenvalue weighted by Gasteiger charge is 2.47. The molecule has 1 aromatic heterocycles. The molecule has 0 saturated carbocycles. The largest absolute Gasteiger partial charge is 0.457 e. The Bertz CT molecular complexity index is 3510. The second kappa shape index (κ2) is 14.6. The highest BCUT2D eigenvalue weighted by atomic mass is 16.5. The minimum absolute atomic E-state index is 0.567. The van der Waals surface area contributed by atoms with E-state index < -0.39 is 10.8 Å². The van der Waals surface area contributed by atoms with Crippen LogP contribution in [0.1, 0.15) is 44.5 Å². The first-order valence-electron chi connectivity index (χ1n) is 22.3. The van der Waals surface area contributed by atoms with Crippen molar-refractivity contribution in [2.75, 3.05) is 4.90 Å². The van der Waals surface area contributed by atoms with Gasteiger partial charge in [0.1, 0.15) is 22.7 Å². The molecule has 306 valence electrons. The molecule has 0 saturated heterocycles. The van der Waals surface area contributed by atoms with Crippen LogP contribution in [0.3, 0.4) is 0 Å². The van der Waals surface area contributed by atoms with E-state index in [0.717, 1.165) is 61.6 Å². The van der Waals surface area contributed by atoms with Crippen LogP contribution in [0.15, 0.2) is 253 Å². The third-order valence-electron chi connectivity index (χ3n) is 13.9. The topological polar surface area (TPSA) is 25.6 Å². The monoisotopic (exact) mass is 831 g/mol. The molecule has 1 aliphatic heterocycles. The molecule has 2 heterocycles. The molecule has 2 aliphatic rings. The lowest BCUT2D eigenvalue weighted by atomic mass is 9.63. The number of para-hydroxylation sites is 2. The maximum atomic E-state index is 6.90. The van der Waals surface area contributed by atoms with Crippen LogP contribution < -0.4 is 9.64 Å². The molecule has 13 rings (SSSR count). The van der Waals surface area contributed by atoms with Gasteiger partial charge in [0, 0.05) is 45.0 Å². The Labute approximate surface area is 378 Å². The number of furan rings is 1. The van der Waals surface area contributed by atoms with Gasteiger partial charge >= 0.3 is 0 Å². The molecule has 1 aliphatic carbocycles. The third kappa shape index (κ3) is 5.42. The molecule has 3 nitrogen and oxygen atoms in total. The summed E-state index contributed by atoms with van der Waals surface area (Å²) < 4.78 is 13.5. The summed E-state index contributed by atoms with van der Waals surface area (Å²) in [6.07, 6.45) is 0. The fraction of sp³-hybridized carbons (Fsp3) is 0.0323. The van der Waals surface area contributed by atoms with Crippen molar-refractivity contribution >= 4 is 39.0 Å². The van der Waals surface area contributed by atoms with Crippen LogP contribution in [0, 0.1) is 0 Å². The van der Waals surface area contributed by atoms with Gasteiger partial charge in [0.05, 0.1) is 10.8 Å². The summed E-state index contributed by atoms with van der Waals surface area (Å²) in [5.74, 6) is 1.67. The van der Waals surface area contributed by atoms with E-state index in [4.69, 9.17) is 9.15 Å². The van der Waals surface area contributed by atoms with Gasteiger partial charge in [-0.25, -0.2) is 0 Å². The summed E-state index contributed by atoms with van der Waals surface area (Å²) in [7, 11) is 0. The smallest absolute Gasteiger partial charge is 0.137 e. The molecular weight excluding hydrogens is 791 g/mol. The Kier molecular flexibility index (Phi) is 8.34. The summed E-state index contributed by atoms with van der Waals surface area (Å²) >= 11 is 0. The summed E-state index contributed by atoms with van der Waals surface area (Å²) in [5.41, 5.74) is 15.5. The first-order valence-corrected chi connectivity index (χ1v) is 22.3. The standard InChI is InChI=1S/C62H41NO2/c1-4-19-42(20-5-1)61(43-21-6-2-7-22-43)55-32-15-17-34-58(55)65-59-38-36-47(40-56(59)61)63(48-35-37-52-51-29-12-16-33-57(51)64-60(52)41-48)46-26-18-25-45(39-46)62(44-23-8-3-9-24-44)53-30-13-10-27-49(53)50-28-11-14-31-54(50)62/h1-41H. The van der Waals surface area contributed by atoms with E-state index in [1.165, 1.54) is 44.5 Å². The second-order valence-electron chi connectivity index (χ2n) is 17.1. The van der Waals surface area contributed by atoms with Gasteiger partial charge < -0.3 is 14.1 Å². The zero-order chi connectivity index (χ0) is 43.0. The van der Waals surface area contributed by atoms with Gasteiger partial charge in [-0.1, -0.05) is 188 Å². The van der Waals surface area contributed by atoms with E-state index in [-0.39, 0.29) is 0 Å². The van der Waals surface area contributed by atoms with Crippen LogP contribution in [0.4, 0.5) is 17.1 Å². The fourth-order valence-corrected chi connectivity index (χ4v) is 11.2. The van der Waals surface area contributed by atoms with Gasteiger partial charge in [-0.15, -0.1) is 0 Å². The van der Waals surface area contributed by atoms with Crippen molar-refractivity contribution in [3.8, 4) is 22.6 Å². The normalized spacial score (nSPS) is 13.9. The lowest BCUT2D eigenvalue weighted by molar-refractivity contribution is 0.434. The van der Waals surface area contributed by atoms with E-state index in [2.05, 4.69) is 241 Å². The Balaban J connectivity index is 1.09. The minimum Gasteiger partial charge on any atom is -0.457 e. The lowest BCUT2D eigenvalue weighted by Gasteiger charge is -2.42. The lowest BCUT2D eigenvalue weighted by Crippen LogP contribution is -2.34. The molecule has 3 heteroatoms. The van der Waals surface area contributed by atoms with Crippen molar-refractivity contribution in [2.24, 2.45) is 0 Å². The van der Waals surface area contributed by atoms with Crippen molar-refractivity contribution in [1.29, 1.82) is 0 Å². The van der Waals surface area contributed by atoms with Gasteiger partial charge in [-0.3, -0.25) is 0 Å². The molecule has 0 amide bonds. The molecular formula is C62H41NO2. The number of hydrogen-bond donors (Lipinski definition) is 0. The third-order valence-corrected chi connectivity index (χ3v) is 13.9. The van der Waals surface area contributed by atoms with E-state index in [0.29, 0.717) is 0 Å². The average Bonchev–Trinajstić information content (AvgIpc) is 3.90. The quantitative estimate of drug-likeness (QED) is 0.160. The van der Waals surface area contributed by atoms with E-state index in [9.17, 15) is 0 Å². The Morgan fingerprint density at radius 2 is 0.769 bits per heavy atom. The number of nitrogens with zero attached hydrogens (tertiary/aromatic N) is 1. The van der Waals surface area contributed by atoms with Gasteiger partial charge in [-0.2, -0.15) is 0 Å². The zero-order valence-electron chi connectivity index (χ0n) is 35.4. The molecule has 0 fully saturated rings. The van der Waals surface area contributed by atoms with Gasteiger partial charge in [-0.05, 0) is 99.1 Å². The van der Waals surface area contributed by atoms with E-state index in [1.54, 1.807) is 0 Å².